The predicted molar refractivity (Wildman–Crippen MR) is 68.3 cm³/mol. The van der Waals surface area contributed by atoms with Gasteiger partial charge < -0.3 is 14.4 Å². The molecular weight excluding hydrogens is 286 g/mol. The number of hydrogen-bond acceptors (Lipinski definition) is 3. The van der Waals surface area contributed by atoms with Crippen LogP contribution in [0.25, 0.3) is 0 Å². The second kappa shape index (κ2) is 6.71. The van der Waals surface area contributed by atoms with Gasteiger partial charge in [0.1, 0.15) is 0 Å². The Kier molecular flexibility index (Phi) is 5.25. The Morgan fingerprint density at radius 2 is 2.06 bits per heavy atom. The molecule has 1 aliphatic carbocycles. The number of amides is 1. The number of halogens is 1. The van der Waals surface area contributed by atoms with E-state index >= 15 is 0 Å². The highest BCUT2D eigenvalue weighted by atomic mass is 79.9. The van der Waals surface area contributed by atoms with Crippen molar-refractivity contribution >= 4 is 21.8 Å². The van der Waals surface area contributed by atoms with Gasteiger partial charge in [-0.05, 0) is 12.8 Å². The van der Waals surface area contributed by atoms with E-state index in [2.05, 4.69) is 15.9 Å². The molecule has 0 spiro atoms. The molecule has 1 amide bonds. The van der Waals surface area contributed by atoms with Gasteiger partial charge in [0.05, 0.1) is 19.8 Å². The fourth-order valence-electron chi connectivity index (χ4n) is 2.60. The second-order valence-corrected chi connectivity index (χ2v) is 5.39. The highest BCUT2D eigenvalue weighted by Crippen LogP contribution is 2.24. The fourth-order valence-corrected chi connectivity index (χ4v) is 2.98. The molecule has 2 aliphatic rings. The van der Waals surface area contributed by atoms with Gasteiger partial charge in [-0.3, -0.25) is 4.79 Å². The van der Waals surface area contributed by atoms with Gasteiger partial charge in [0.2, 0.25) is 0 Å². The molecular formula is C12H20BrNO3. The summed E-state index contributed by atoms with van der Waals surface area (Å²) in [5, 5.41) is 0.822. The van der Waals surface area contributed by atoms with E-state index in [0.29, 0.717) is 25.9 Å². The minimum Gasteiger partial charge on any atom is -0.376 e. The van der Waals surface area contributed by atoms with Crippen molar-refractivity contribution in [2.45, 2.75) is 37.8 Å². The van der Waals surface area contributed by atoms with Crippen molar-refractivity contribution in [3.05, 3.63) is 0 Å². The summed E-state index contributed by atoms with van der Waals surface area (Å²) < 4.78 is 10.8. The molecule has 5 heteroatoms. The second-order valence-electron chi connectivity index (χ2n) is 4.59. The lowest BCUT2D eigenvalue weighted by Crippen LogP contribution is -2.49. The number of carbonyl (C=O) groups excluding carboxylic acids is 1. The number of alkyl halides is 1. The van der Waals surface area contributed by atoms with Crippen LogP contribution >= 0.6 is 15.9 Å². The highest BCUT2D eigenvalue weighted by molar-refractivity contribution is 9.09. The summed E-state index contributed by atoms with van der Waals surface area (Å²) in [4.78, 5) is 14.4. The maximum absolute atomic E-state index is 12.4. The maximum atomic E-state index is 12.4. The molecule has 0 aromatic rings. The Balaban J connectivity index is 1.95. The molecule has 1 heterocycles. The van der Waals surface area contributed by atoms with Crippen LogP contribution in [-0.4, -0.2) is 54.6 Å². The summed E-state index contributed by atoms with van der Waals surface area (Å²) in [6.45, 7) is 2.31. The smallest absolute Gasteiger partial charge is 0.254 e. The third-order valence-electron chi connectivity index (χ3n) is 3.47. The Labute approximate surface area is 111 Å². The van der Waals surface area contributed by atoms with Crippen molar-refractivity contribution in [1.29, 1.82) is 0 Å². The topological polar surface area (TPSA) is 38.8 Å². The van der Waals surface area contributed by atoms with Gasteiger partial charge in [-0.1, -0.05) is 28.8 Å². The number of carbonyl (C=O) groups is 1. The van der Waals surface area contributed by atoms with E-state index < -0.39 is 0 Å². The Morgan fingerprint density at radius 3 is 2.65 bits per heavy atom. The molecule has 2 fully saturated rings. The molecule has 0 aromatic carbocycles. The normalized spacial score (nSPS) is 26.1. The molecule has 0 radical (unpaired) electrons. The predicted octanol–water partition coefficient (Wildman–Crippen LogP) is 1.57. The molecule has 17 heavy (non-hydrogen) atoms. The lowest BCUT2D eigenvalue weighted by molar-refractivity contribution is -0.159. The summed E-state index contributed by atoms with van der Waals surface area (Å²) in [5.74, 6) is 0.107. The average molecular weight is 306 g/mol. The molecule has 0 aromatic heterocycles. The van der Waals surface area contributed by atoms with Crippen molar-refractivity contribution in [2.24, 2.45) is 0 Å². The van der Waals surface area contributed by atoms with Crippen molar-refractivity contribution in [1.82, 2.24) is 4.90 Å². The molecule has 0 N–H and O–H groups in total. The van der Waals surface area contributed by atoms with E-state index in [0.717, 1.165) is 24.7 Å². The van der Waals surface area contributed by atoms with Gasteiger partial charge >= 0.3 is 0 Å². The Hall–Kier alpha value is -0.130. The van der Waals surface area contributed by atoms with Crippen LogP contribution in [0.4, 0.5) is 0 Å². The van der Waals surface area contributed by atoms with Crippen LogP contribution in [0, 0.1) is 0 Å². The van der Waals surface area contributed by atoms with Crippen molar-refractivity contribution in [2.75, 3.05) is 31.7 Å². The van der Waals surface area contributed by atoms with E-state index in [9.17, 15) is 4.79 Å². The van der Waals surface area contributed by atoms with E-state index in [-0.39, 0.29) is 12.0 Å². The number of nitrogens with zero attached hydrogens (tertiary/aromatic N) is 1. The number of ether oxygens (including phenoxy) is 2. The standard InChI is InChI=1S/C12H20BrNO3/c13-5-6-14(10-3-1-2-4-10)12(15)11-9-16-7-8-17-11/h10-11H,1-9H2. The summed E-state index contributed by atoms with van der Waals surface area (Å²) in [6, 6.07) is 0.408. The lowest BCUT2D eigenvalue weighted by Gasteiger charge is -2.33. The third kappa shape index (κ3) is 3.42. The molecule has 1 unspecified atom stereocenters. The average Bonchev–Trinajstić information content (AvgIpc) is 2.90. The van der Waals surface area contributed by atoms with Crippen molar-refractivity contribution < 1.29 is 14.3 Å². The van der Waals surface area contributed by atoms with Gasteiger partial charge in [0, 0.05) is 17.9 Å². The molecule has 1 saturated carbocycles. The zero-order valence-electron chi connectivity index (χ0n) is 10.1. The SMILES string of the molecule is O=C(C1COCCO1)N(CCBr)C1CCCC1. The van der Waals surface area contributed by atoms with E-state index in [1.165, 1.54) is 12.8 Å². The van der Waals surface area contributed by atoms with Crippen LogP contribution in [0.15, 0.2) is 0 Å². The van der Waals surface area contributed by atoms with E-state index in [1.807, 2.05) is 4.90 Å². The molecule has 0 bridgehead atoms. The third-order valence-corrected chi connectivity index (χ3v) is 3.82. The monoisotopic (exact) mass is 305 g/mol. The highest BCUT2D eigenvalue weighted by Gasteiger charge is 2.32. The first kappa shape index (κ1) is 13.3. The van der Waals surface area contributed by atoms with Crippen LogP contribution in [0.2, 0.25) is 0 Å². The molecule has 1 atom stereocenters. The van der Waals surface area contributed by atoms with Gasteiger partial charge in [0.25, 0.3) is 5.91 Å². The summed E-state index contributed by atoms with van der Waals surface area (Å²) >= 11 is 3.42. The first-order valence-corrected chi connectivity index (χ1v) is 7.51. The molecule has 1 saturated heterocycles. The van der Waals surface area contributed by atoms with Crippen LogP contribution in [0.1, 0.15) is 25.7 Å². The van der Waals surface area contributed by atoms with E-state index in [4.69, 9.17) is 9.47 Å². The minimum atomic E-state index is -0.386. The van der Waals surface area contributed by atoms with E-state index in [1.54, 1.807) is 0 Å². The van der Waals surface area contributed by atoms with Crippen LogP contribution in [0.3, 0.4) is 0 Å². The molecule has 1 aliphatic heterocycles. The zero-order valence-corrected chi connectivity index (χ0v) is 11.7. The molecule has 4 nitrogen and oxygen atoms in total. The van der Waals surface area contributed by atoms with Crippen LogP contribution in [0.5, 0.6) is 0 Å². The first-order valence-electron chi connectivity index (χ1n) is 6.38. The summed E-state index contributed by atoms with van der Waals surface area (Å²) in [7, 11) is 0. The van der Waals surface area contributed by atoms with Gasteiger partial charge in [-0.25, -0.2) is 0 Å². The zero-order chi connectivity index (χ0) is 12.1. The van der Waals surface area contributed by atoms with Crippen LogP contribution < -0.4 is 0 Å². The molecule has 2 rings (SSSR count). The fraction of sp³-hybridized carbons (Fsp3) is 0.917. The number of hydrogen-bond donors (Lipinski definition) is 0. The Morgan fingerprint density at radius 1 is 1.29 bits per heavy atom. The maximum Gasteiger partial charge on any atom is 0.254 e. The van der Waals surface area contributed by atoms with Crippen LogP contribution in [-0.2, 0) is 14.3 Å². The summed E-state index contributed by atoms with van der Waals surface area (Å²) in [6.07, 6.45) is 4.35. The van der Waals surface area contributed by atoms with Gasteiger partial charge in [-0.2, -0.15) is 0 Å². The number of rotatable bonds is 4. The summed E-state index contributed by atoms with van der Waals surface area (Å²) in [5.41, 5.74) is 0. The Bertz CT molecular complexity index is 250. The van der Waals surface area contributed by atoms with Gasteiger partial charge in [0.15, 0.2) is 6.10 Å². The van der Waals surface area contributed by atoms with Crippen molar-refractivity contribution in [3.8, 4) is 0 Å². The minimum absolute atomic E-state index is 0.107. The largest absolute Gasteiger partial charge is 0.376 e. The van der Waals surface area contributed by atoms with Crippen molar-refractivity contribution in [3.63, 3.8) is 0 Å². The van der Waals surface area contributed by atoms with Gasteiger partial charge in [-0.15, -0.1) is 0 Å². The lowest BCUT2D eigenvalue weighted by atomic mass is 10.2. The first-order chi connectivity index (χ1) is 8.33. The molecule has 98 valence electrons. The quantitative estimate of drug-likeness (QED) is 0.740.